The van der Waals surface area contributed by atoms with Gasteiger partial charge in [0.15, 0.2) is 23.1 Å². The van der Waals surface area contributed by atoms with E-state index in [1.54, 1.807) is 12.5 Å². The number of anilines is 1. The lowest BCUT2D eigenvalue weighted by Crippen LogP contribution is -2.19. The summed E-state index contributed by atoms with van der Waals surface area (Å²) in [5.74, 6) is 4.69. The molecule has 1 fully saturated rings. The predicted octanol–water partition coefficient (Wildman–Crippen LogP) is 5.07. The van der Waals surface area contributed by atoms with Crippen molar-refractivity contribution in [3.05, 3.63) is 48.2 Å². The first-order chi connectivity index (χ1) is 15.7. The molecular weight excluding hydrogens is 406 g/mol. The number of rotatable bonds is 6. The molecule has 1 saturated carbocycles. The molecule has 0 spiro atoms. The van der Waals surface area contributed by atoms with Crippen LogP contribution in [0.2, 0.25) is 0 Å². The Morgan fingerprint density at radius 3 is 2.69 bits per heavy atom. The first-order valence-corrected chi connectivity index (χ1v) is 11.1. The van der Waals surface area contributed by atoms with E-state index in [1.807, 2.05) is 12.1 Å². The SMILES string of the molecule is CC(C)[C@@H](Nc1ncnc2[nH]c(-c3cnc(C4CC4)o3)cc12)c1ccc2c(c1)OCCO2. The summed E-state index contributed by atoms with van der Waals surface area (Å²) < 4.78 is 17.4. The highest BCUT2D eigenvalue weighted by atomic mass is 16.6. The topological polar surface area (TPSA) is 98.1 Å². The van der Waals surface area contributed by atoms with E-state index in [1.165, 1.54) is 0 Å². The lowest BCUT2D eigenvalue weighted by molar-refractivity contribution is 0.171. The van der Waals surface area contributed by atoms with Crippen LogP contribution in [0.25, 0.3) is 22.5 Å². The predicted molar refractivity (Wildman–Crippen MR) is 120 cm³/mol. The number of nitrogens with one attached hydrogen (secondary N) is 2. The van der Waals surface area contributed by atoms with Crippen LogP contribution in [0.1, 0.15) is 50.1 Å². The Kier molecular flexibility index (Phi) is 4.52. The van der Waals surface area contributed by atoms with E-state index < -0.39 is 0 Å². The number of nitrogens with zero attached hydrogens (tertiary/aromatic N) is 3. The molecule has 3 aromatic heterocycles. The maximum absolute atomic E-state index is 5.97. The number of hydrogen-bond acceptors (Lipinski definition) is 7. The maximum atomic E-state index is 5.97. The standard InChI is InChI=1S/C24H25N5O3/c1-13(2)21(15-5-6-18-19(9-15)31-8-7-30-18)29-23-16-10-17(28-22(16)26-12-27-23)20-11-25-24(32-20)14-3-4-14/h5-6,9-14,21H,3-4,7-8H2,1-2H3,(H2,26,27,28,29)/t21-/m1/s1. The molecule has 0 unspecified atom stereocenters. The molecular formula is C24H25N5O3. The normalized spacial score (nSPS) is 16.5. The molecule has 164 valence electrons. The second-order valence-corrected chi connectivity index (χ2v) is 8.77. The molecule has 1 aromatic carbocycles. The smallest absolute Gasteiger partial charge is 0.198 e. The molecule has 1 atom stereocenters. The molecule has 0 amide bonds. The van der Waals surface area contributed by atoms with Gasteiger partial charge in [0, 0.05) is 5.92 Å². The average molecular weight is 431 g/mol. The number of fused-ring (bicyclic) bond motifs is 2. The summed E-state index contributed by atoms with van der Waals surface area (Å²) in [4.78, 5) is 16.7. The van der Waals surface area contributed by atoms with Gasteiger partial charge in [-0.15, -0.1) is 0 Å². The molecule has 4 heterocycles. The van der Waals surface area contributed by atoms with Gasteiger partial charge >= 0.3 is 0 Å². The van der Waals surface area contributed by atoms with E-state index in [2.05, 4.69) is 51.2 Å². The second kappa shape index (κ2) is 7.55. The molecule has 6 rings (SSSR count). The highest BCUT2D eigenvalue weighted by Crippen LogP contribution is 2.41. The van der Waals surface area contributed by atoms with Gasteiger partial charge in [-0.05, 0) is 42.5 Å². The van der Waals surface area contributed by atoms with E-state index in [0.29, 0.717) is 25.0 Å². The van der Waals surface area contributed by atoms with Crippen LogP contribution in [0.5, 0.6) is 11.5 Å². The zero-order chi connectivity index (χ0) is 21.7. The van der Waals surface area contributed by atoms with Gasteiger partial charge in [-0.25, -0.2) is 15.0 Å². The van der Waals surface area contributed by atoms with Crippen LogP contribution in [-0.2, 0) is 0 Å². The fraction of sp³-hybridized carbons (Fsp3) is 0.375. The summed E-state index contributed by atoms with van der Waals surface area (Å²) in [6, 6.07) is 8.18. The lowest BCUT2D eigenvalue weighted by Gasteiger charge is -2.26. The zero-order valence-corrected chi connectivity index (χ0v) is 18.1. The molecule has 2 aliphatic rings. The van der Waals surface area contributed by atoms with Crippen LogP contribution in [0.4, 0.5) is 5.82 Å². The van der Waals surface area contributed by atoms with Crippen molar-refractivity contribution in [2.75, 3.05) is 18.5 Å². The van der Waals surface area contributed by atoms with Crippen molar-refractivity contribution in [3.8, 4) is 23.0 Å². The molecule has 8 nitrogen and oxygen atoms in total. The van der Waals surface area contributed by atoms with Crippen LogP contribution >= 0.6 is 0 Å². The Bertz CT molecular complexity index is 1270. The summed E-state index contributed by atoms with van der Waals surface area (Å²) in [6.07, 6.45) is 5.67. The Labute approximate surface area is 185 Å². The van der Waals surface area contributed by atoms with E-state index in [0.717, 1.165) is 64.1 Å². The van der Waals surface area contributed by atoms with Crippen LogP contribution in [0.15, 0.2) is 41.2 Å². The van der Waals surface area contributed by atoms with Gasteiger partial charge in [-0.2, -0.15) is 0 Å². The molecule has 1 aliphatic carbocycles. The van der Waals surface area contributed by atoms with Crippen molar-refractivity contribution in [2.45, 2.75) is 38.6 Å². The van der Waals surface area contributed by atoms with E-state index in [9.17, 15) is 0 Å². The van der Waals surface area contributed by atoms with E-state index in [-0.39, 0.29) is 6.04 Å². The number of H-pyrrole nitrogens is 1. The number of benzene rings is 1. The lowest BCUT2D eigenvalue weighted by atomic mass is 9.95. The third-order valence-corrected chi connectivity index (χ3v) is 6.03. The highest BCUT2D eigenvalue weighted by molar-refractivity contribution is 5.91. The fourth-order valence-corrected chi connectivity index (χ4v) is 4.15. The van der Waals surface area contributed by atoms with Gasteiger partial charge < -0.3 is 24.2 Å². The van der Waals surface area contributed by atoms with Gasteiger partial charge in [0.05, 0.1) is 23.3 Å². The molecule has 1 aliphatic heterocycles. The van der Waals surface area contributed by atoms with Gasteiger partial charge in [0.25, 0.3) is 0 Å². The largest absolute Gasteiger partial charge is 0.486 e. The summed E-state index contributed by atoms with van der Waals surface area (Å²) >= 11 is 0. The Hall–Kier alpha value is -3.55. The minimum Gasteiger partial charge on any atom is -0.486 e. The summed E-state index contributed by atoms with van der Waals surface area (Å²) in [5.41, 5.74) is 2.73. The van der Waals surface area contributed by atoms with Crippen LogP contribution in [-0.4, -0.2) is 33.1 Å². The van der Waals surface area contributed by atoms with Crippen LogP contribution in [0, 0.1) is 5.92 Å². The Morgan fingerprint density at radius 1 is 1.03 bits per heavy atom. The molecule has 0 radical (unpaired) electrons. The third-order valence-electron chi connectivity index (χ3n) is 6.03. The van der Waals surface area contributed by atoms with Crippen molar-refractivity contribution in [1.29, 1.82) is 0 Å². The minimum absolute atomic E-state index is 0.0361. The average Bonchev–Trinajstić information content (AvgIpc) is 3.37. The van der Waals surface area contributed by atoms with Crippen molar-refractivity contribution >= 4 is 16.9 Å². The van der Waals surface area contributed by atoms with E-state index in [4.69, 9.17) is 13.9 Å². The molecule has 0 bridgehead atoms. The molecule has 4 aromatic rings. The number of aromatic amines is 1. The molecule has 2 N–H and O–H groups in total. The van der Waals surface area contributed by atoms with Crippen LogP contribution < -0.4 is 14.8 Å². The number of aromatic nitrogens is 4. The van der Waals surface area contributed by atoms with Gasteiger partial charge in [0.1, 0.15) is 31.0 Å². The van der Waals surface area contributed by atoms with Gasteiger partial charge in [-0.1, -0.05) is 19.9 Å². The highest BCUT2D eigenvalue weighted by Gasteiger charge is 2.29. The summed E-state index contributed by atoms with van der Waals surface area (Å²) in [7, 11) is 0. The van der Waals surface area contributed by atoms with Crippen molar-refractivity contribution < 1.29 is 13.9 Å². The minimum atomic E-state index is 0.0361. The van der Waals surface area contributed by atoms with Crippen molar-refractivity contribution in [3.63, 3.8) is 0 Å². The van der Waals surface area contributed by atoms with E-state index >= 15 is 0 Å². The maximum Gasteiger partial charge on any atom is 0.198 e. The van der Waals surface area contributed by atoms with Gasteiger partial charge in [0.2, 0.25) is 0 Å². The molecule has 0 saturated heterocycles. The second-order valence-electron chi connectivity index (χ2n) is 8.77. The number of oxazole rings is 1. The number of ether oxygens (including phenoxy) is 2. The van der Waals surface area contributed by atoms with Crippen molar-refractivity contribution in [2.24, 2.45) is 5.92 Å². The monoisotopic (exact) mass is 431 g/mol. The first-order valence-electron chi connectivity index (χ1n) is 11.1. The summed E-state index contributed by atoms with van der Waals surface area (Å²) in [6.45, 7) is 5.52. The third kappa shape index (κ3) is 3.45. The quantitative estimate of drug-likeness (QED) is 0.440. The molecule has 32 heavy (non-hydrogen) atoms. The van der Waals surface area contributed by atoms with Crippen molar-refractivity contribution in [1.82, 2.24) is 19.9 Å². The van der Waals surface area contributed by atoms with Crippen LogP contribution in [0.3, 0.4) is 0 Å². The van der Waals surface area contributed by atoms with Gasteiger partial charge in [-0.3, -0.25) is 0 Å². The molecule has 8 heteroatoms. The number of hydrogen-bond donors (Lipinski definition) is 2. The first kappa shape index (κ1) is 19.2. The zero-order valence-electron chi connectivity index (χ0n) is 18.1. The Morgan fingerprint density at radius 2 is 1.88 bits per heavy atom. The fourth-order valence-electron chi connectivity index (χ4n) is 4.15. The summed E-state index contributed by atoms with van der Waals surface area (Å²) in [5, 5.41) is 4.54. The Balaban J connectivity index is 1.33.